The number of likely N-dealkylation sites (tertiary alicyclic amines) is 1. The Morgan fingerprint density at radius 2 is 1.95 bits per heavy atom. The number of carboxylic acids is 1. The molecule has 1 aromatic rings. The van der Waals surface area contributed by atoms with Gasteiger partial charge < -0.3 is 10.0 Å². The van der Waals surface area contributed by atoms with Crippen molar-refractivity contribution < 1.29 is 14.7 Å². The molecule has 4 nitrogen and oxygen atoms in total. The monoisotopic (exact) mass is 273 g/mol. The highest BCUT2D eigenvalue weighted by atomic mass is 16.4. The number of aryl methyl sites for hydroxylation is 1. The molecule has 2 aliphatic rings. The van der Waals surface area contributed by atoms with Crippen molar-refractivity contribution >= 4 is 11.9 Å². The Morgan fingerprint density at radius 1 is 1.15 bits per heavy atom. The third-order valence-corrected chi connectivity index (χ3v) is 4.49. The summed E-state index contributed by atoms with van der Waals surface area (Å²) < 4.78 is 0. The lowest BCUT2D eigenvalue weighted by molar-refractivity contribution is -0.148. The summed E-state index contributed by atoms with van der Waals surface area (Å²) in [5.74, 6) is -1.03. The molecule has 1 aliphatic carbocycles. The van der Waals surface area contributed by atoms with Crippen molar-refractivity contribution in [2.45, 2.75) is 44.1 Å². The highest BCUT2D eigenvalue weighted by Crippen LogP contribution is 2.34. The number of rotatable bonds is 2. The van der Waals surface area contributed by atoms with Gasteiger partial charge in [-0.25, -0.2) is 4.79 Å². The Kier molecular flexibility index (Phi) is 3.47. The van der Waals surface area contributed by atoms with Gasteiger partial charge in [-0.2, -0.15) is 0 Å². The quantitative estimate of drug-likeness (QED) is 0.898. The molecule has 20 heavy (non-hydrogen) atoms. The number of fused-ring (bicyclic) bond motifs is 1. The number of aliphatic carboxylic acids is 1. The fourth-order valence-electron chi connectivity index (χ4n) is 3.50. The molecule has 1 N–H and O–H groups in total. The molecule has 2 unspecified atom stereocenters. The maximum atomic E-state index is 12.7. The minimum absolute atomic E-state index is 0.00190. The third-order valence-electron chi connectivity index (χ3n) is 4.49. The molecular formula is C16H19NO3. The van der Waals surface area contributed by atoms with Crippen LogP contribution in [0.3, 0.4) is 0 Å². The van der Waals surface area contributed by atoms with Crippen LogP contribution in [-0.4, -0.2) is 34.5 Å². The number of carbonyl (C=O) groups is 2. The van der Waals surface area contributed by atoms with E-state index in [0.717, 1.165) is 31.2 Å². The molecule has 1 fully saturated rings. The zero-order valence-corrected chi connectivity index (χ0v) is 11.4. The van der Waals surface area contributed by atoms with Gasteiger partial charge in [-0.05, 0) is 43.2 Å². The summed E-state index contributed by atoms with van der Waals surface area (Å²) in [7, 11) is 0. The first kappa shape index (κ1) is 13.2. The van der Waals surface area contributed by atoms with Crippen molar-refractivity contribution in [3.8, 4) is 0 Å². The zero-order chi connectivity index (χ0) is 14.1. The fraction of sp³-hybridized carbons (Fsp3) is 0.500. The molecule has 1 amide bonds. The third kappa shape index (κ3) is 2.19. The predicted octanol–water partition coefficient (Wildman–Crippen LogP) is 2.18. The number of benzene rings is 1. The molecule has 0 saturated carbocycles. The first-order valence-electron chi connectivity index (χ1n) is 7.29. The average molecular weight is 273 g/mol. The van der Waals surface area contributed by atoms with Gasteiger partial charge in [-0.15, -0.1) is 0 Å². The molecule has 1 aliphatic heterocycles. The van der Waals surface area contributed by atoms with Crippen LogP contribution in [0.4, 0.5) is 0 Å². The smallest absolute Gasteiger partial charge is 0.326 e. The maximum Gasteiger partial charge on any atom is 0.326 e. The van der Waals surface area contributed by atoms with Gasteiger partial charge in [0.25, 0.3) is 0 Å². The van der Waals surface area contributed by atoms with Crippen molar-refractivity contribution in [3.05, 3.63) is 35.4 Å². The molecule has 106 valence electrons. The number of nitrogens with zero attached hydrogens (tertiary/aromatic N) is 1. The molecule has 0 aromatic heterocycles. The second-order valence-electron chi connectivity index (χ2n) is 5.67. The summed E-state index contributed by atoms with van der Waals surface area (Å²) in [6.07, 6.45) is 4.21. The predicted molar refractivity (Wildman–Crippen MR) is 74.5 cm³/mol. The number of hydrogen-bond donors (Lipinski definition) is 1. The van der Waals surface area contributed by atoms with E-state index in [1.807, 2.05) is 18.2 Å². The normalized spacial score (nSPS) is 25.3. The molecule has 1 heterocycles. The van der Waals surface area contributed by atoms with E-state index >= 15 is 0 Å². The van der Waals surface area contributed by atoms with Crippen molar-refractivity contribution in [3.63, 3.8) is 0 Å². The first-order valence-corrected chi connectivity index (χ1v) is 7.29. The first-order chi connectivity index (χ1) is 9.68. The second kappa shape index (κ2) is 5.27. The van der Waals surface area contributed by atoms with E-state index in [2.05, 4.69) is 6.07 Å². The van der Waals surface area contributed by atoms with Crippen LogP contribution in [0.1, 0.15) is 42.7 Å². The standard InChI is InChI=1S/C16H19NO3/c18-15(17-10-4-9-14(17)16(19)20)13-8-3-6-11-5-1-2-7-12(11)13/h1-2,5,7,13-14H,3-4,6,8-10H2,(H,19,20). The highest BCUT2D eigenvalue weighted by Gasteiger charge is 2.38. The minimum atomic E-state index is -0.875. The molecule has 0 radical (unpaired) electrons. The van der Waals surface area contributed by atoms with Gasteiger partial charge in [0.2, 0.25) is 5.91 Å². The van der Waals surface area contributed by atoms with Crippen LogP contribution in [0, 0.1) is 0 Å². The van der Waals surface area contributed by atoms with Gasteiger partial charge in [-0.1, -0.05) is 24.3 Å². The van der Waals surface area contributed by atoms with E-state index in [0.29, 0.717) is 13.0 Å². The van der Waals surface area contributed by atoms with Gasteiger partial charge in [0.1, 0.15) is 6.04 Å². The fourth-order valence-corrected chi connectivity index (χ4v) is 3.50. The van der Waals surface area contributed by atoms with Crippen LogP contribution >= 0.6 is 0 Å². The van der Waals surface area contributed by atoms with E-state index in [1.54, 1.807) is 4.90 Å². The molecular weight excluding hydrogens is 254 g/mol. The minimum Gasteiger partial charge on any atom is -0.480 e. The maximum absolute atomic E-state index is 12.7. The molecule has 1 saturated heterocycles. The molecule has 1 aromatic carbocycles. The van der Waals surface area contributed by atoms with Crippen molar-refractivity contribution in [1.29, 1.82) is 0 Å². The SMILES string of the molecule is O=C(O)C1CCCN1C(=O)C1CCCc2ccccc21. The Balaban J connectivity index is 1.87. The summed E-state index contributed by atoms with van der Waals surface area (Å²) in [5.41, 5.74) is 2.34. The van der Waals surface area contributed by atoms with E-state index < -0.39 is 12.0 Å². The van der Waals surface area contributed by atoms with E-state index in [1.165, 1.54) is 5.56 Å². The van der Waals surface area contributed by atoms with Crippen LogP contribution in [0.5, 0.6) is 0 Å². The molecule has 4 heteroatoms. The number of carboxylic acid groups (broad SMARTS) is 1. The van der Waals surface area contributed by atoms with Gasteiger partial charge in [0.15, 0.2) is 0 Å². The van der Waals surface area contributed by atoms with Crippen LogP contribution < -0.4 is 0 Å². The summed E-state index contributed by atoms with van der Waals surface area (Å²) in [4.78, 5) is 25.6. The summed E-state index contributed by atoms with van der Waals surface area (Å²) in [5, 5.41) is 9.23. The Hall–Kier alpha value is -1.84. The van der Waals surface area contributed by atoms with Crippen molar-refractivity contribution in [1.82, 2.24) is 4.90 Å². The molecule has 0 spiro atoms. The van der Waals surface area contributed by atoms with Crippen LogP contribution in [0.15, 0.2) is 24.3 Å². The highest BCUT2D eigenvalue weighted by molar-refractivity contribution is 5.89. The number of carbonyl (C=O) groups excluding carboxylic acids is 1. The topological polar surface area (TPSA) is 57.6 Å². The van der Waals surface area contributed by atoms with Crippen molar-refractivity contribution in [2.24, 2.45) is 0 Å². The largest absolute Gasteiger partial charge is 0.480 e. The Bertz CT molecular complexity index is 540. The second-order valence-corrected chi connectivity index (χ2v) is 5.67. The van der Waals surface area contributed by atoms with Crippen LogP contribution in [-0.2, 0) is 16.0 Å². The lowest BCUT2D eigenvalue weighted by Gasteiger charge is -2.30. The number of amides is 1. The van der Waals surface area contributed by atoms with E-state index in [4.69, 9.17) is 0 Å². The van der Waals surface area contributed by atoms with Crippen LogP contribution in [0.2, 0.25) is 0 Å². The lowest BCUT2D eigenvalue weighted by Crippen LogP contribution is -2.43. The lowest BCUT2D eigenvalue weighted by atomic mass is 9.82. The average Bonchev–Trinajstić information content (AvgIpc) is 2.95. The van der Waals surface area contributed by atoms with Gasteiger partial charge >= 0.3 is 5.97 Å². The molecule has 0 bridgehead atoms. The zero-order valence-electron chi connectivity index (χ0n) is 11.4. The summed E-state index contributed by atoms with van der Waals surface area (Å²) in [6, 6.07) is 7.43. The number of hydrogen-bond acceptors (Lipinski definition) is 2. The van der Waals surface area contributed by atoms with E-state index in [-0.39, 0.29) is 11.8 Å². The summed E-state index contributed by atoms with van der Waals surface area (Å²) >= 11 is 0. The Labute approximate surface area is 118 Å². The van der Waals surface area contributed by atoms with Gasteiger partial charge in [-0.3, -0.25) is 4.79 Å². The Morgan fingerprint density at radius 3 is 2.75 bits per heavy atom. The van der Waals surface area contributed by atoms with Crippen molar-refractivity contribution in [2.75, 3.05) is 6.54 Å². The molecule has 3 rings (SSSR count). The summed E-state index contributed by atoms with van der Waals surface area (Å²) in [6.45, 7) is 0.578. The van der Waals surface area contributed by atoms with Gasteiger partial charge in [0.05, 0.1) is 5.92 Å². The van der Waals surface area contributed by atoms with E-state index in [9.17, 15) is 14.7 Å². The molecule has 2 atom stereocenters. The van der Waals surface area contributed by atoms with Crippen LogP contribution in [0.25, 0.3) is 0 Å². The van der Waals surface area contributed by atoms with Gasteiger partial charge in [0, 0.05) is 6.54 Å².